The Hall–Kier alpha value is -0.130. The van der Waals surface area contributed by atoms with Crippen LogP contribution < -0.4 is 5.32 Å². The molecule has 2 N–H and O–H groups in total. The molecule has 1 unspecified atom stereocenters. The largest absolute Gasteiger partial charge is 0.396 e. The van der Waals surface area contributed by atoms with Crippen LogP contribution in [0.4, 0.5) is 0 Å². The highest BCUT2D eigenvalue weighted by molar-refractivity contribution is 7.91. The first-order valence-corrected chi connectivity index (χ1v) is 7.92. The minimum absolute atomic E-state index is 0.0202. The molecule has 5 heteroatoms. The van der Waals surface area contributed by atoms with E-state index in [0.717, 1.165) is 25.8 Å². The van der Waals surface area contributed by atoms with Gasteiger partial charge in [-0.15, -0.1) is 0 Å². The highest BCUT2D eigenvalue weighted by Crippen LogP contribution is 2.37. The van der Waals surface area contributed by atoms with Gasteiger partial charge in [-0.05, 0) is 19.3 Å². The van der Waals surface area contributed by atoms with E-state index in [9.17, 15) is 13.5 Å². The zero-order chi connectivity index (χ0) is 11.6. The van der Waals surface area contributed by atoms with Crippen LogP contribution in [0.2, 0.25) is 0 Å². The van der Waals surface area contributed by atoms with Gasteiger partial charge in [0.25, 0.3) is 0 Å². The smallest absolute Gasteiger partial charge is 0.151 e. The number of aliphatic hydroxyl groups excluding tert-OH is 1. The van der Waals surface area contributed by atoms with Gasteiger partial charge >= 0.3 is 0 Å². The summed E-state index contributed by atoms with van der Waals surface area (Å²) in [4.78, 5) is 0. The Morgan fingerprint density at radius 2 is 2.00 bits per heavy atom. The van der Waals surface area contributed by atoms with Gasteiger partial charge in [0, 0.05) is 24.6 Å². The van der Waals surface area contributed by atoms with Gasteiger partial charge in [-0.25, -0.2) is 8.42 Å². The summed E-state index contributed by atoms with van der Waals surface area (Å²) < 4.78 is 22.6. The van der Waals surface area contributed by atoms with Gasteiger partial charge in [0.15, 0.2) is 9.84 Å². The fraction of sp³-hybridized carbons (Fsp3) is 1.00. The molecule has 0 aromatic rings. The molecule has 1 saturated heterocycles. The third-order valence-electron chi connectivity index (χ3n) is 4.00. The molecule has 0 aromatic heterocycles. The van der Waals surface area contributed by atoms with E-state index in [0.29, 0.717) is 5.75 Å². The fourth-order valence-electron chi connectivity index (χ4n) is 2.83. The summed E-state index contributed by atoms with van der Waals surface area (Å²) in [6, 6.07) is 0.106. The first-order valence-electron chi connectivity index (χ1n) is 6.10. The van der Waals surface area contributed by atoms with Crippen molar-refractivity contribution in [2.45, 2.75) is 38.1 Å². The average molecular weight is 247 g/mol. The SMILES string of the molecule is O=S1(=O)CCC(NCC2(CO)CCCC2)C1. The van der Waals surface area contributed by atoms with E-state index in [2.05, 4.69) is 5.32 Å². The quantitative estimate of drug-likeness (QED) is 0.750. The maximum absolute atomic E-state index is 11.3. The molecule has 2 aliphatic rings. The van der Waals surface area contributed by atoms with Crippen molar-refractivity contribution in [3.05, 3.63) is 0 Å². The van der Waals surface area contributed by atoms with Gasteiger partial charge in [0.2, 0.25) is 0 Å². The Labute approximate surface area is 97.3 Å². The lowest BCUT2D eigenvalue weighted by molar-refractivity contribution is 0.125. The van der Waals surface area contributed by atoms with E-state index in [4.69, 9.17) is 0 Å². The molecule has 94 valence electrons. The number of hydrogen-bond acceptors (Lipinski definition) is 4. The Kier molecular flexibility index (Phi) is 3.56. The summed E-state index contributed by atoms with van der Waals surface area (Å²) in [5.41, 5.74) is 0.0202. The van der Waals surface area contributed by atoms with E-state index in [-0.39, 0.29) is 23.8 Å². The van der Waals surface area contributed by atoms with Crippen LogP contribution in [0.25, 0.3) is 0 Å². The Morgan fingerprint density at radius 3 is 2.50 bits per heavy atom. The second kappa shape index (κ2) is 4.63. The third kappa shape index (κ3) is 2.76. The van der Waals surface area contributed by atoms with Gasteiger partial charge in [-0.1, -0.05) is 12.8 Å². The predicted molar refractivity (Wildman–Crippen MR) is 63.0 cm³/mol. The van der Waals surface area contributed by atoms with Crippen molar-refractivity contribution in [2.24, 2.45) is 5.41 Å². The number of sulfone groups is 1. The number of hydrogen-bond donors (Lipinski definition) is 2. The molecule has 0 spiro atoms. The number of aliphatic hydroxyl groups is 1. The minimum atomic E-state index is -2.79. The van der Waals surface area contributed by atoms with Gasteiger partial charge in [-0.2, -0.15) is 0 Å². The Bertz CT molecular complexity index is 333. The molecule has 1 aliphatic carbocycles. The van der Waals surface area contributed by atoms with Crippen molar-refractivity contribution in [3.63, 3.8) is 0 Å². The molecule has 0 bridgehead atoms. The highest BCUT2D eigenvalue weighted by Gasteiger charge is 2.35. The summed E-state index contributed by atoms with van der Waals surface area (Å²) in [7, 11) is -2.79. The molecule has 16 heavy (non-hydrogen) atoms. The Morgan fingerprint density at radius 1 is 1.31 bits per heavy atom. The summed E-state index contributed by atoms with van der Waals surface area (Å²) in [5.74, 6) is 0.589. The molecule has 2 rings (SSSR count). The van der Waals surface area contributed by atoms with E-state index in [1.807, 2.05) is 0 Å². The van der Waals surface area contributed by atoms with E-state index in [1.165, 1.54) is 12.8 Å². The monoisotopic (exact) mass is 247 g/mol. The van der Waals surface area contributed by atoms with E-state index in [1.54, 1.807) is 0 Å². The molecule has 2 fully saturated rings. The van der Waals surface area contributed by atoms with Crippen molar-refractivity contribution in [1.29, 1.82) is 0 Å². The summed E-state index contributed by atoms with van der Waals surface area (Å²) in [6.45, 7) is 0.989. The van der Waals surface area contributed by atoms with Crippen LogP contribution in [-0.2, 0) is 9.84 Å². The first kappa shape index (κ1) is 12.3. The van der Waals surface area contributed by atoms with Crippen molar-refractivity contribution < 1.29 is 13.5 Å². The molecular weight excluding hydrogens is 226 g/mol. The average Bonchev–Trinajstić information content (AvgIpc) is 2.83. The topological polar surface area (TPSA) is 66.4 Å². The summed E-state index contributed by atoms with van der Waals surface area (Å²) in [6.07, 6.45) is 5.23. The van der Waals surface area contributed by atoms with Gasteiger partial charge in [-0.3, -0.25) is 0 Å². The molecule has 4 nitrogen and oxygen atoms in total. The maximum Gasteiger partial charge on any atom is 0.151 e. The lowest BCUT2D eigenvalue weighted by atomic mass is 9.87. The van der Waals surface area contributed by atoms with Crippen LogP contribution in [0.3, 0.4) is 0 Å². The Balaban J connectivity index is 1.83. The molecule has 0 aromatic carbocycles. The zero-order valence-corrected chi connectivity index (χ0v) is 10.4. The summed E-state index contributed by atoms with van der Waals surface area (Å²) in [5, 5.41) is 12.8. The molecule has 1 atom stereocenters. The fourth-order valence-corrected chi connectivity index (χ4v) is 4.54. The standard InChI is InChI=1S/C11H21NO3S/c13-9-11(4-1-2-5-11)8-12-10-3-6-16(14,15)7-10/h10,12-13H,1-9H2. The number of rotatable bonds is 4. The van der Waals surface area contributed by atoms with Crippen molar-refractivity contribution in [3.8, 4) is 0 Å². The lowest BCUT2D eigenvalue weighted by Gasteiger charge is -2.28. The van der Waals surface area contributed by atoms with Crippen molar-refractivity contribution in [2.75, 3.05) is 24.7 Å². The van der Waals surface area contributed by atoms with Crippen LogP contribution in [0.1, 0.15) is 32.1 Å². The van der Waals surface area contributed by atoms with E-state index >= 15 is 0 Å². The van der Waals surface area contributed by atoms with E-state index < -0.39 is 9.84 Å². The molecular formula is C11H21NO3S. The maximum atomic E-state index is 11.3. The van der Waals surface area contributed by atoms with Gasteiger partial charge in [0.1, 0.15) is 0 Å². The minimum Gasteiger partial charge on any atom is -0.396 e. The second-order valence-corrected chi connectivity index (χ2v) is 7.57. The molecule has 0 radical (unpaired) electrons. The zero-order valence-electron chi connectivity index (χ0n) is 9.61. The molecule has 0 amide bonds. The molecule has 1 saturated carbocycles. The lowest BCUT2D eigenvalue weighted by Crippen LogP contribution is -2.41. The third-order valence-corrected chi connectivity index (χ3v) is 5.77. The molecule has 1 aliphatic heterocycles. The van der Waals surface area contributed by atoms with Crippen molar-refractivity contribution in [1.82, 2.24) is 5.32 Å². The van der Waals surface area contributed by atoms with Crippen LogP contribution in [0.15, 0.2) is 0 Å². The van der Waals surface area contributed by atoms with Crippen molar-refractivity contribution >= 4 is 9.84 Å². The predicted octanol–water partition coefficient (Wildman–Crippen LogP) is 0.316. The molecule has 1 heterocycles. The first-order chi connectivity index (χ1) is 7.55. The van der Waals surface area contributed by atoms with Crippen LogP contribution in [0.5, 0.6) is 0 Å². The normalized spacial score (nSPS) is 31.9. The highest BCUT2D eigenvalue weighted by atomic mass is 32.2. The van der Waals surface area contributed by atoms with Gasteiger partial charge < -0.3 is 10.4 Å². The van der Waals surface area contributed by atoms with Gasteiger partial charge in [0.05, 0.1) is 11.5 Å². The van der Waals surface area contributed by atoms with Crippen LogP contribution >= 0.6 is 0 Å². The van der Waals surface area contributed by atoms with Crippen LogP contribution in [0, 0.1) is 5.41 Å². The van der Waals surface area contributed by atoms with Crippen LogP contribution in [-0.4, -0.2) is 44.2 Å². The second-order valence-electron chi connectivity index (χ2n) is 5.35. The number of nitrogens with one attached hydrogen (secondary N) is 1. The summed E-state index contributed by atoms with van der Waals surface area (Å²) >= 11 is 0.